The highest BCUT2D eigenvalue weighted by molar-refractivity contribution is 5.93. The van der Waals surface area contributed by atoms with E-state index < -0.39 is 0 Å². The maximum absolute atomic E-state index is 12.4. The number of hydrogen-bond acceptors (Lipinski definition) is 6. The van der Waals surface area contributed by atoms with Crippen LogP contribution >= 0.6 is 0 Å². The molecule has 0 aliphatic carbocycles. The van der Waals surface area contributed by atoms with Crippen molar-refractivity contribution in [1.82, 2.24) is 10.2 Å². The Morgan fingerprint density at radius 3 is 2.83 bits per heavy atom. The van der Waals surface area contributed by atoms with Gasteiger partial charge in [-0.1, -0.05) is 6.07 Å². The average molecular weight is 397 g/mol. The summed E-state index contributed by atoms with van der Waals surface area (Å²) in [5, 5.41) is 12.2. The van der Waals surface area contributed by atoms with Gasteiger partial charge >= 0.3 is 0 Å². The quantitative estimate of drug-likeness (QED) is 0.653. The minimum atomic E-state index is 0.0329. The summed E-state index contributed by atoms with van der Waals surface area (Å²) in [6.07, 6.45) is 6.02. The van der Waals surface area contributed by atoms with E-state index >= 15 is 0 Å². The number of nitrogens with one attached hydrogen (secondary N) is 1. The van der Waals surface area contributed by atoms with Gasteiger partial charge in [0.2, 0.25) is 0 Å². The molecule has 0 unspecified atom stereocenters. The first kappa shape index (κ1) is 20.7. The molecular formula is C22H27N3O4. The van der Waals surface area contributed by atoms with E-state index in [2.05, 4.69) is 11.4 Å². The molecule has 1 saturated heterocycles. The van der Waals surface area contributed by atoms with Crippen LogP contribution in [0.1, 0.15) is 41.6 Å². The van der Waals surface area contributed by atoms with Crippen molar-refractivity contribution in [3.63, 3.8) is 0 Å². The van der Waals surface area contributed by atoms with Crippen molar-refractivity contribution in [3.8, 4) is 17.6 Å². The molecule has 3 rings (SSSR count). The number of benzene rings is 1. The molecule has 1 amide bonds. The summed E-state index contributed by atoms with van der Waals surface area (Å²) in [5.74, 6) is 1.42. The first-order valence-electron chi connectivity index (χ1n) is 9.92. The van der Waals surface area contributed by atoms with E-state index in [9.17, 15) is 4.79 Å². The lowest BCUT2D eigenvalue weighted by molar-refractivity contribution is 0.0704. The van der Waals surface area contributed by atoms with Crippen molar-refractivity contribution >= 4 is 5.91 Å². The molecule has 2 aromatic rings. The Balaban J connectivity index is 1.47. The lowest BCUT2D eigenvalue weighted by Crippen LogP contribution is -2.44. The zero-order valence-electron chi connectivity index (χ0n) is 16.7. The number of carbonyl (C=O) groups is 1. The lowest BCUT2D eigenvalue weighted by Gasteiger charge is -2.32. The number of ether oxygens (including phenoxy) is 2. The van der Waals surface area contributed by atoms with Gasteiger partial charge in [0.1, 0.15) is 6.26 Å². The molecule has 1 fully saturated rings. The van der Waals surface area contributed by atoms with Gasteiger partial charge in [0.25, 0.3) is 5.91 Å². The fraction of sp³-hybridized carbons (Fsp3) is 0.455. The monoisotopic (exact) mass is 397 g/mol. The number of amides is 1. The zero-order chi connectivity index (χ0) is 20.5. The second-order valence-electron chi connectivity index (χ2n) is 7.05. The number of nitriles is 1. The van der Waals surface area contributed by atoms with E-state index in [0.717, 1.165) is 38.0 Å². The summed E-state index contributed by atoms with van der Waals surface area (Å²) in [7, 11) is 1.62. The van der Waals surface area contributed by atoms with Crippen molar-refractivity contribution < 1.29 is 18.7 Å². The average Bonchev–Trinajstić information content (AvgIpc) is 3.30. The van der Waals surface area contributed by atoms with Gasteiger partial charge in [-0.15, -0.1) is 0 Å². The van der Waals surface area contributed by atoms with Crippen LogP contribution in [0.15, 0.2) is 41.2 Å². The normalized spacial score (nSPS) is 14.4. The minimum Gasteiger partial charge on any atom is -0.493 e. The van der Waals surface area contributed by atoms with Gasteiger partial charge in [-0.05, 0) is 43.0 Å². The predicted molar refractivity (Wildman–Crippen MR) is 108 cm³/mol. The highest BCUT2D eigenvalue weighted by atomic mass is 16.5. The second-order valence-corrected chi connectivity index (χ2v) is 7.05. The number of unbranched alkanes of at least 4 members (excludes halogenated alkanes) is 1. The highest BCUT2D eigenvalue weighted by Gasteiger charge is 2.23. The van der Waals surface area contributed by atoms with Gasteiger partial charge in [0.15, 0.2) is 11.5 Å². The van der Waals surface area contributed by atoms with Crippen molar-refractivity contribution in [1.29, 1.82) is 5.26 Å². The molecule has 0 bridgehead atoms. The third kappa shape index (κ3) is 5.75. The maximum Gasteiger partial charge on any atom is 0.257 e. The summed E-state index contributed by atoms with van der Waals surface area (Å²) in [5.41, 5.74) is 1.72. The SMILES string of the molecule is COc1ccc(CNC2CCN(C(=O)c3ccoc3)CC2)cc1OCCCC#N. The Morgan fingerprint density at radius 1 is 1.31 bits per heavy atom. The molecule has 7 nitrogen and oxygen atoms in total. The van der Waals surface area contributed by atoms with Crippen LogP contribution in [-0.4, -0.2) is 43.7 Å². The molecule has 7 heteroatoms. The molecule has 0 atom stereocenters. The largest absolute Gasteiger partial charge is 0.493 e. The van der Waals surface area contributed by atoms with Crippen LogP contribution in [0.5, 0.6) is 11.5 Å². The molecule has 154 valence electrons. The van der Waals surface area contributed by atoms with Crippen LogP contribution in [-0.2, 0) is 6.54 Å². The van der Waals surface area contributed by atoms with Gasteiger partial charge in [-0.25, -0.2) is 0 Å². The summed E-state index contributed by atoms with van der Waals surface area (Å²) in [6, 6.07) is 10.1. The molecule has 1 aromatic carbocycles. The number of likely N-dealkylation sites (tertiary alicyclic amines) is 1. The van der Waals surface area contributed by atoms with E-state index in [1.165, 1.54) is 12.5 Å². The van der Waals surface area contributed by atoms with Crippen LogP contribution in [0.25, 0.3) is 0 Å². The standard InChI is InChI=1S/C22H27N3O4/c1-27-20-5-4-17(14-21(20)29-12-3-2-9-23)15-24-19-6-10-25(11-7-19)22(26)18-8-13-28-16-18/h4-5,8,13-14,16,19,24H,2-3,6-7,10-12,15H2,1H3. The highest BCUT2D eigenvalue weighted by Crippen LogP contribution is 2.28. The van der Waals surface area contributed by atoms with Crippen LogP contribution in [0, 0.1) is 11.3 Å². The van der Waals surface area contributed by atoms with E-state index in [1.54, 1.807) is 13.2 Å². The van der Waals surface area contributed by atoms with Crippen molar-refractivity contribution in [3.05, 3.63) is 47.9 Å². The molecule has 1 N–H and O–H groups in total. The van der Waals surface area contributed by atoms with E-state index in [0.29, 0.717) is 42.6 Å². The lowest BCUT2D eigenvalue weighted by atomic mass is 10.0. The third-order valence-corrected chi connectivity index (χ3v) is 5.06. The molecule has 0 spiro atoms. The second kappa shape index (κ2) is 10.5. The molecule has 2 heterocycles. The molecule has 29 heavy (non-hydrogen) atoms. The van der Waals surface area contributed by atoms with Crippen LogP contribution in [0.2, 0.25) is 0 Å². The Bertz CT molecular complexity index is 821. The summed E-state index contributed by atoms with van der Waals surface area (Å²) in [4.78, 5) is 14.3. The van der Waals surface area contributed by atoms with E-state index in [-0.39, 0.29) is 5.91 Å². The van der Waals surface area contributed by atoms with Gasteiger partial charge < -0.3 is 24.1 Å². The molecule has 0 saturated carbocycles. The first-order valence-corrected chi connectivity index (χ1v) is 9.92. The van der Waals surface area contributed by atoms with Crippen molar-refractivity contribution in [2.75, 3.05) is 26.8 Å². The van der Waals surface area contributed by atoms with Gasteiger partial charge in [-0.2, -0.15) is 5.26 Å². The number of piperidine rings is 1. The van der Waals surface area contributed by atoms with Crippen LogP contribution in [0.3, 0.4) is 0 Å². The Labute approximate surface area is 171 Å². The smallest absolute Gasteiger partial charge is 0.257 e. The number of nitrogens with zero attached hydrogens (tertiary/aromatic N) is 2. The van der Waals surface area contributed by atoms with Crippen molar-refractivity contribution in [2.45, 2.75) is 38.3 Å². The summed E-state index contributed by atoms with van der Waals surface area (Å²) in [6.45, 7) is 2.68. The number of methoxy groups -OCH3 is 1. The summed E-state index contributed by atoms with van der Waals surface area (Å²) >= 11 is 0. The number of hydrogen-bond donors (Lipinski definition) is 1. The van der Waals surface area contributed by atoms with Gasteiger partial charge in [0, 0.05) is 32.1 Å². The minimum absolute atomic E-state index is 0.0329. The van der Waals surface area contributed by atoms with Gasteiger partial charge in [0.05, 0.1) is 31.6 Å². The summed E-state index contributed by atoms with van der Waals surface area (Å²) < 4.78 is 16.1. The van der Waals surface area contributed by atoms with Crippen LogP contribution in [0.4, 0.5) is 0 Å². The van der Waals surface area contributed by atoms with E-state index in [1.807, 2.05) is 23.1 Å². The first-order chi connectivity index (χ1) is 14.2. The molecule has 1 aromatic heterocycles. The fourth-order valence-electron chi connectivity index (χ4n) is 3.39. The fourth-order valence-corrected chi connectivity index (χ4v) is 3.39. The molecule has 0 radical (unpaired) electrons. The van der Waals surface area contributed by atoms with Crippen LogP contribution < -0.4 is 14.8 Å². The van der Waals surface area contributed by atoms with E-state index in [4.69, 9.17) is 19.2 Å². The number of rotatable bonds is 9. The number of furan rings is 1. The molecule has 1 aliphatic heterocycles. The van der Waals surface area contributed by atoms with Crippen molar-refractivity contribution in [2.24, 2.45) is 0 Å². The topological polar surface area (TPSA) is 87.7 Å². The number of carbonyl (C=O) groups excluding carboxylic acids is 1. The van der Waals surface area contributed by atoms with Gasteiger partial charge in [-0.3, -0.25) is 4.79 Å². The zero-order valence-corrected chi connectivity index (χ0v) is 16.7. The molecular weight excluding hydrogens is 370 g/mol. The third-order valence-electron chi connectivity index (χ3n) is 5.06. The molecule has 1 aliphatic rings. The Morgan fingerprint density at radius 2 is 2.14 bits per heavy atom. The Hall–Kier alpha value is -2.98. The predicted octanol–water partition coefficient (Wildman–Crippen LogP) is 3.37. The maximum atomic E-state index is 12.4. The Kier molecular flexibility index (Phi) is 7.54.